The van der Waals surface area contributed by atoms with E-state index in [0.717, 1.165) is 19.4 Å². The van der Waals surface area contributed by atoms with Crippen molar-refractivity contribution in [3.05, 3.63) is 29.8 Å². The first-order valence-corrected chi connectivity index (χ1v) is 20.3. The molecule has 0 N–H and O–H groups in total. The van der Waals surface area contributed by atoms with Crippen LogP contribution in [0.4, 0.5) is 0 Å². The summed E-state index contributed by atoms with van der Waals surface area (Å²) in [5.74, 6) is 0.280. The molecule has 2 bridgehead atoms. The fourth-order valence-electron chi connectivity index (χ4n) is 5.03. The molecule has 144 valence electrons. The van der Waals surface area contributed by atoms with Gasteiger partial charge in [-0.1, -0.05) is 0 Å². The average molecular weight is 464 g/mol. The van der Waals surface area contributed by atoms with E-state index in [-0.39, 0.29) is 11.9 Å². The number of carbonyl (C=O) groups is 1. The van der Waals surface area contributed by atoms with Gasteiger partial charge in [-0.25, -0.2) is 0 Å². The van der Waals surface area contributed by atoms with Gasteiger partial charge in [-0.05, 0) is 0 Å². The van der Waals surface area contributed by atoms with Gasteiger partial charge in [0.2, 0.25) is 0 Å². The van der Waals surface area contributed by atoms with Gasteiger partial charge in [0.05, 0.1) is 0 Å². The number of rotatable bonds is 6. The molecule has 0 aromatic heterocycles. The molecule has 26 heavy (non-hydrogen) atoms. The van der Waals surface area contributed by atoms with E-state index in [1.807, 2.05) is 0 Å². The molecule has 4 heteroatoms. The summed E-state index contributed by atoms with van der Waals surface area (Å²) in [7, 11) is 1.55. The summed E-state index contributed by atoms with van der Waals surface area (Å²) >= 11 is -2.03. The number of benzene rings is 1. The summed E-state index contributed by atoms with van der Waals surface area (Å²) in [5, 5.41) is 0. The standard InChI is InChI=1S/C19H26NO2.3CH3.Sn/c1-3-4-12-20-15-10-11-17(20)18(19(21)22-2)16(13-15)14-8-6-5-7-9-14;;;;/h6-9,15-18H,3-4,10-13H2,1-2H3;3*1H3;. The molecule has 1 aromatic rings. The van der Waals surface area contributed by atoms with Gasteiger partial charge in [0.15, 0.2) is 0 Å². The summed E-state index contributed by atoms with van der Waals surface area (Å²) in [6, 6.07) is 10.3. The van der Waals surface area contributed by atoms with E-state index in [1.54, 1.807) is 10.7 Å². The van der Waals surface area contributed by atoms with E-state index < -0.39 is 18.4 Å². The van der Waals surface area contributed by atoms with Crippen molar-refractivity contribution in [3.63, 3.8) is 0 Å². The topological polar surface area (TPSA) is 29.5 Å². The van der Waals surface area contributed by atoms with Crippen LogP contribution in [0.3, 0.4) is 0 Å². The Morgan fingerprint density at radius 2 is 1.88 bits per heavy atom. The van der Waals surface area contributed by atoms with Crippen LogP contribution >= 0.6 is 0 Å². The number of piperidine rings is 1. The van der Waals surface area contributed by atoms with E-state index in [2.05, 4.69) is 50.9 Å². The Bertz CT molecular complexity index is 622. The van der Waals surface area contributed by atoms with Crippen molar-refractivity contribution in [2.24, 2.45) is 5.92 Å². The predicted molar refractivity (Wildman–Crippen MR) is 111 cm³/mol. The molecule has 2 aliphatic rings. The molecule has 0 radical (unpaired) electrons. The molecule has 2 heterocycles. The zero-order valence-electron chi connectivity index (χ0n) is 17.1. The van der Waals surface area contributed by atoms with Crippen molar-refractivity contribution in [1.29, 1.82) is 0 Å². The SMILES string of the molecule is CCCCN1C2CCC1C(C(=O)OC)C(c1cc[c]([Sn]([CH3])([CH3])[CH3])cc1)C2. The average Bonchev–Trinajstić information content (AvgIpc) is 2.89. The minimum atomic E-state index is -2.03. The minimum absolute atomic E-state index is 0.0130. The Hall–Kier alpha value is -0.551. The van der Waals surface area contributed by atoms with Crippen LogP contribution in [-0.4, -0.2) is 55.0 Å². The Kier molecular flexibility index (Phi) is 6.38. The van der Waals surface area contributed by atoms with E-state index in [4.69, 9.17) is 4.74 Å². The third kappa shape index (κ3) is 3.99. The van der Waals surface area contributed by atoms with Crippen molar-refractivity contribution in [2.45, 2.75) is 71.8 Å². The first-order valence-electron chi connectivity index (χ1n) is 10.3. The summed E-state index contributed by atoms with van der Waals surface area (Å²) in [5.41, 5.74) is 1.34. The Labute approximate surface area is 163 Å². The number of fused-ring (bicyclic) bond motifs is 2. The van der Waals surface area contributed by atoms with Crippen molar-refractivity contribution in [1.82, 2.24) is 4.90 Å². The number of ether oxygens (including phenoxy) is 1. The Morgan fingerprint density at radius 1 is 1.19 bits per heavy atom. The van der Waals surface area contributed by atoms with Crippen LogP contribution < -0.4 is 3.58 Å². The van der Waals surface area contributed by atoms with Crippen molar-refractivity contribution < 1.29 is 9.53 Å². The fraction of sp³-hybridized carbons (Fsp3) is 0.682. The molecule has 3 rings (SSSR count). The summed E-state index contributed by atoms with van der Waals surface area (Å²) < 4.78 is 6.82. The number of carbonyl (C=O) groups excluding carboxylic acids is 1. The zero-order valence-corrected chi connectivity index (χ0v) is 20.0. The summed E-state index contributed by atoms with van der Waals surface area (Å²) in [6.07, 6.45) is 5.90. The first kappa shape index (κ1) is 20.2. The molecule has 0 amide bonds. The molecule has 0 saturated carbocycles. The molecule has 2 aliphatic heterocycles. The third-order valence-electron chi connectivity index (χ3n) is 6.51. The molecular formula is C22H35NO2Sn. The second-order valence-corrected chi connectivity index (χ2v) is 23.6. The van der Waals surface area contributed by atoms with Gasteiger partial charge in [0, 0.05) is 0 Å². The van der Waals surface area contributed by atoms with Gasteiger partial charge in [-0.3, -0.25) is 0 Å². The molecule has 0 aliphatic carbocycles. The maximum absolute atomic E-state index is 12.7. The van der Waals surface area contributed by atoms with Crippen molar-refractivity contribution in [3.8, 4) is 0 Å². The summed E-state index contributed by atoms with van der Waals surface area (Å²) in [6.45, 7) is 3.37. The predicted octanol–water partition coefficient (Wildman–Crippen LogP) is 4.14. The van der Waals surface area contributed by atoms with Crippen molar-refractivity contribution >= 4 is 27.9 Å². The van der Waals surface area contributed by atoms with Crippen LogP contribution in [0.25, 0.3) is 0 Å². The molecule has 1 aromatic carbocycles. The summed E-state index contributed by atoms with van der Waals surface area (Å²) in [4.78, 5) is 22.7. The quantitative estimate of drug-likeness (QED) is 0.469. The van der Waals surface area contributed by atoms with E-state index in [9.17, 15) is 4.79 Å². The second-order valence-electron chi connectivity index (χ2n) is 9.15. The van der Waals surface area contributed by atoms with Crippen LogP contribution in [0.5, 0.6) is 0 Å². The van der Waals surface area contributed by atoms with Crippen LogP contribution in [0, 0.1) is 5.92 Å². The monoisotopic (exact) mass is 465 g/mol. The second kappa shape index (κ2) is 8.22. The van der Waals surface area contributed by atoms with Crippen LogP contribution in [0.2, 0.25) is 14.8 Å². The van der Waals surface area contributed by atoms with E-state index >= 15 is 0 Å². The molecular weight excluding hydrogens is 429 g/mol. The normalized spacial score (nSPS) is 29.0. The van der Waals surface area contributed by atoms with Gasteiger partial charge in [0.1, 0.15) is 0 Å². The van der Waals surface area contributed by atoms with Gasteiger partial charge in [-0.15, -0.1) is 0 Å². The Morgan fingerprint density at radius 3 is 2.46 bits per heavy atom. The third-order valence-corrected chi connectivity index (χ3v) is 12.4. The molecule has 0 spiro atoms. The number of esters is 1. The molecule has 4 unspecified atom stereocenters. The van der Waals surface area contributed by atoms with E-state index in [1.165, 1.54) is 24.8 Å². The fourth-order valence-corrected chi connectivity index (χ4v) is 8.36. The number of hydrogen-bond acceptors (Lipinski definition) is 3. The molecule has 4 atom stereocenters. The van der Waals surface area contributed by atoms with Crippen LogP contribution in [0.1, 0.15) is 50.5 Å². The van der Waals surface area contributed by atoms with E-state index in [0.29, 0.717) is 18.0 Å². The van der Waals surface area contributed by atoms with Gasteiger partial charge in [0.25, 0.3) is 0 Å². The van der Waals surface area contributed by atoms with Gasteiger partial charge < -0.3 is 0 Å². The zero-order chi connectivity index (χ0) is 18.9. The van der Waals surface area contributed by atoms with Gasteiger partial charge >= 0.3 is 164 Å². The number of hydrogen-bond donors (Lipinski definition) is 0. The van der Waals surface area contributed by atoms with Crippen LogP contribution in [-0.2, 0) is 9.53 Å². The molecule has 3 nitrogen and oxygen atoms in total. The first-order chi connectivity index (χ1) is 12.4. The number of unbranched alkanes of at least 4 members (excludes halogenated alkanes) is 1. The molecule has 2 fully saturated rings. The maximum atomic E-state index is 12.7. The molecule has 2 saturated heterocycles. The van der Waals surface area contributed by atoms with Crippen molar-refractivity contribution in [2.75, 3.05) is 13.7 Å². The van der Waals surface area contributed by atoms with Gasteiger partial charge in [-0.2, -0.15) is 0 Å². The number of nitrogens with zero attached hydrogens (tertiary/aromatic N) is 1. The van der Waals surface area contributed by atoms with Crippen LogP contribution in [0.15, 0.2) is 24.3 Å². The Balaban J connectivity index is 1.88. The number of methoxy groups -OCH3 is 1.